The number of hydrogen-bond donors (Lipinski definition) is 2. The van der Waals surface area contributed by atoms with E-state index in [2.05, 4.69) is 10.5 Å². The topological polar surface area (TPSA) is 80.2 Å². The highest BCUT2D eigenvalue weighted by atomic mass is 16.5. The Morgan fingerprint density at radius 1 is 1.00 bits per heavy atom. The summed E-state index contributed by atoms with van der Waals surface area (Å²) >= 11 is 0. The van der Waals surface area contributed by atoms with Gasteiger partial charge in [-0.05, 0) is 63.2 Å². The van der Waals surface area contributed by atoms with Crippen LogP contribution in [0.15, 0.2) is 47.6 Å². The van der Waals surface area contributed by atoms with Gasteiger partial charge in [0.05, 0.1) is 18.9 Å². The number of hydrogen-bond acceptors (Lipinski definition) is 5. The van der Waals surface area contributed by atoms with Crippen LogP contribution in [-0.4, -0.2) is 29.9 Å². The molecule has 0 saturated carbocycles. The number of carbonyl (C=O) groups is 1. The summed E-state index contributed by atoms with van der Waals surface area (Å²) in [6, 6.07) is 11.5. The zero-order valence-electron chi connectivity index (χ0n) is 14.6. The van der Waals surface area contributed by atoms with Gasteiger partial charge in [0.15, 0.2) is 11.5 Å². The number of phenolic OH excluding ortho intramolecular Hbond substituents is 1. The van der Waals surface area contributed by atoms with Gasteiger partial charge in [0.1, 0.15) is 5.75 Å². The summed E-state index contributed by atoms with van der Waals surface area (Å²) in [5.41, 5.74) is 4.37. The molecule has 0 saturated heterocycles. The maximum Gasteiger partial charge on any atom is 0.271 e. The van der Waals surface area contributed by atoms with Gasteiger partial charge in [0.25, 0.3) is 5.91 Å². The van der Waals surface area contributed by atoms with Crippen molar-refractivity contribution in [3.05, 3.63) is 53.6 Å². The molecule has 0 bridgehead atoms. The number of phenols is 1. The van der Waals surface area contributed by atoms with E-state index in [0.717, 1.165) is 5.56 Å². The maximum absolute atomic E-state index is 12.1. The second-order valence-electron chi connectivity index (χ2n) is 5.21. The first-order valence-corrected chi connectivity index (χ1v) is 8.08. The van der Waals surface area contributed by atoms with E-state index in [1.54, 1.807) is 6.92 Å². The van der Waals surface area contributed by atoms with Gasteiger partial charge in [-0.3, -0.25) is 4.79 Å². The van der Waals surface area contributed by atoms with E-state index in [-0.39, 0.29) is 11.7 Å². The number of carbonyl (C=O) groups excluding carboxylic acids is 1. The predicted octanol–water partition coefficient (Wildman–Crippen LogP) is 3.34. The minimum absolute atomic E-state index is 0.106. The van der Waals surface area contributed by atoms with Crippen molar-refractivity contribution < 1.29 is 19.4 Å². The fraction of sp³-hybridized carbons (Fsp3) is 0.263. The van der Waals surface area contributed by atoms with Crippen LogP contribution in [0.2, 0.25) is 0 Å². The third kappa shape index (κ3) is 4.97. The molecule has 2 aromatic rings. The maximum atomic E-state index is 12.1. The van der Waals surface area contributed by atoms with E-state index in [0.29, 0.717) is 36.0 Å². The first-order chi connectivity index (χ1) is 12.0. The van der Waals surface area contributed by atoms with Gasteiger partial charge in [0, 0.05) is 11.1 Å². The molecule has 2 aromatic carbocycles. The molecule has 6 nitrogen and oxygen atoms in total. The van der Waals surface area contributed by atoms with Crippen molar-refractivity contribution in [2.24, 2.45) is 5.10 Å². The lowest BCUT2D eigenvalue weighted by Crippen LogP contribution is -2.19. The van der Waals surface area contributed by atoms with E-state index in [4.69, 9.17) is 9.47 Å². The number of benzene rings is 2. The average molecular weight is 342 g/mol. The van der Waals surface area contributed by atoms with Crippen LogP contribution >= 0.6 is 0 Å². The summed E-state index contributed by atoms with van der Waals surface area (Å²) in [7, 11) is 0. The highest BCUT2D eigenvalue weighted by molar-refractivity contribution is 6.01. The summed E-state index contributed by atoms with van der Waals surface area (Å²) in [5, 5.41) is 13.4. The van der Waals surface area contributed by atoms with Crippen molar-refractivity contribution in [2.45, 2.75) is 20.8 Å². The summed E-state index contributed by atoms with van der Waals surface area (Å²) < 4.78 is 11.1. The Bertz CT molecular complexity index is 755. The summed E-state index contributed by atoms with van der Waals surface area (Å²) in [5.74, 6) is 1.07. The zero-order chi connectivity index (χ0) is 18.2. The van der Waals surface area contributed by atoms with E-state index < -0.39 is 0 Å². The predicted molar refractivity (Wildman–Crippen MR) is 96.6 cm³/mol. The quantitative estimate of drug-likeness (QED) is 0.597. The number of amides is 1. The number of nitrogens with zero attached hydrogens (tertiary/aromatic N) is 1. The molecule has 0 aliphatic carbocycles. The van der Waals surface area contributed by atoms with E-state index >= 15 is 0 Å². The van der Waals surface area contributed by atoms with Gasteiger partial charge in [-0.15, -0.1) is 0 Å². The van der Waals surface area contributed by atoms with Crippen LogP contribution in [0.5, 0.6) is 17.2 Å². The molecule has 2 rings (SSSR count). The Balaban J connectivity index is 2.14. The molecule has 0 radical (unpaired) electrons. The van der Waals surface area contributed by atoms with Gasteiger partial charge >= 0.3 is 0 Å². The fourth-order valence-electron chi connectivity index (χ4n) is 2.15. The molecular formula is C19H22N2O4. The second kappa shape index (κ2) is 8.73. The highest BCUT2D eigenvalue weighted by Crippen LogP contribution is 2.28. The number of aromatic hydroxyl groups is 1. The van der Waals surface area contributed by atoms with Crippen molar-refractivity contribution in [2.75, 3.05) is 13.2 Å². The van der Waals surface area contributed by atoms with Crippen LogP contribution in [0.1, 0.15) is 36.7 Å². The largest absolute Gasteiger partial charge is 0.508 e. The Morgan fingerprint density at radius 2 is 1.60 bits per heavy atom. The SMILES string of the molecule is CCOc1ccc(/C(C)=N\NC(=O)c2ccc(O)cc2)cc1OCC. The van der Waals surface area contributed by atoms with Gasteiger partial charge in [0.2, 0.25) is 0 Å². The second-order valence-corrected chi connectivity index (χ2v) is 5.21. The Morgan fingerprint density at radius 3 is 2.24 bits per heavy atom. The van der Waals surface area contributed by atoms with Crippen molar-refractivity contribution in [3.63, 3.8) is 0 Å². The van der Waals surface area contributed by atoms with Crippen LogP contribution in [-0.2, 0) is 0 Å². The number of hydrazone groups is 1. The lowest BCUT2D eigenvalue weighted by atomic mass is 10.1. The fourth-order valence-corrected chi connectivity index (χ4v) is 2.15. The molecule has 0 spiro atoms. The lowest BCUT2D eigenvalue weighted by molar-refractivity contribution is 0.0955. The molecule has 25 heavy (non-hydrogen) atoms. The normalized spacial score (nSPS) is 11.1. The molecule has 2 N–H and O–H groups in total. The molecule has 0 atom stereocenters. The van der Waals surface area contributed by atoms with Crippen LogP contribution in [0, 0.1) is 0 Å². The van der Waals surface area contributed by atoms with Crippen LogP contribution < -0.4 is 14.9 Å². The molecule has 0 aromatic heterocycles. The average Bonchev–Trinajstić information content (AvgIpc) is 2.62. The van der Waals surface area contributed by atoms with Crippen molar-refractivity contribution >= 4 is 11.6 Å². The molecule has 0 aliphatic heterocycles. The van der Waals surface area contributed by atoms with Crippen molar-refractivity contribution in [1.29, 1.82) is 0 Å². The molecule has 132 valence electrons. The summed E-state index contributed by atoms with van der Waals surface area (Å²) in [6.07, 6.45) is 0. The first kappa shape index (κ1) is 18.3. The number of ether oxygens (including phenoxy) is 2. The molecular weight excluding hydrogens is 320 g/mol. The summed E-state index contributed by atoms with van der Waals surface area (Å²) in [4.78, 5) is 12.1. The molecule has 1 amide bonds. The van der Waals surface area contributed by atoms with Gasteiger partial charge in [-0.2, -0.15) is 5.10 Å². The third-order valence-electron chi connectivity index (χ3n) is 3.42. The molecule has 0 heterocycles. The Hall–Kier alpha value is -3.02. The third-order valence-corrected chi connectivity index (χ3v) is 3.42. The lowest BCUT2D eigenvalue weighted by Gasteiger charge is -2.12. The molecule has 0 fully saturated rings. The van der Waals surface area contributed by atoms with Crippen molar-refractivity contribution in [3.8, 4) is 17.2 Å². The van der Waals surface area contributed by atoms with Crippen LogP contribution in [0.25, 0.3) is 0 Å². The number of nitrogens with one attached hydrogen (secondary N) is 1. The minimum Gasteiger partial charge on any atom is -0.508 e. The monoisotopic (exact) mass is 342 g/mol. The standard InChI is InChI=1S/C19H22N2O4/c1-4-24-17-11-8-15(12-18(17)25-5-2)13(3)20-21-19(23)14-6-9-16(22)10-7-14/h6-12,22H,4-5H2,1-3H3,(H,21,23)/b20-13-. The minimum atomic E-state index is -0.352. The Kier molecular flexibility index (Phi) is 6.39. The van der Waals surface area contributed by atoms with E-state index in [9.17, 15) is 9.90 Å². The molecule has 0 aliphatic rings. The van der Waals surface area contributed by atoms with Gasteiger partial charge in [-0.1, -0.05) is 0 Å². The smallest absolute Gasteiger partial charge is 0.271 e. The number of rotatable bonds is 7. The van der Waals surface area contributed by atoms with E-state index in [1.165, 1.54) is 24.3 Å². The molecule has 6 heteroatoms. The molecule has 0 unspecified atom stereocenters. The Labute approximate surface area is 147 Å². The summed E-state index contributed by atoms with van der Waals surface area (Å²) in [6.45, 7) is 6.69. The first-order valence-electron chi connectivity index (χ1n) is 8.08. The van der Waals surface area contributed by atoms with Gasteiger partial charge in [-0.25, -0.2) is 5.43 Å². The van der Waals surface area contributed by atoms with E-state index in [1.807, 2.05) is 32.0 Å². The zero-order valence-corrected chi connectivity index (χ0v) is 14.6. The van der Waals surface area contributed by atoms with Crippen LogP contribution in [0.3, 0.4) is 0 Å². The van der Waals surface area contributed by atoms with Crippen LogP contribution in [0.4, 0.5) is 0 Å². The van der Waals surface area contributed by atoms with Crippen molar-refractivity contribution in [1.82, 2.24) is 5.43 Å². The highest BCUT2D eigenvalue weighted by Gasteiger charge is 2.09. The van der Waals surface area contributed by atoms with Gasteiger partial charge < -0.3 is 14.6 Å².